The van der Waals surface area contributed by atoms with Gasteiger partial charge in [-0.15, -0.1) is 8.78 Å². The molecule has 1 unspecified atom stereocenters. The summed E-state index contributed by atoms with van der Waals surface area (Å²) in [6.45, 7) is 1.36. The van der Waals surface area contributed by atoms with E-state index in [9.17, 15) is 13.6 Å². The minimum atomic E-state index is -3.81. The Hall–Kier alpha value is -3.80. The molecule has 0 aliphatic carbocycles. The minimum Gasteiger partial charge on any atom is -0.496 e. The van der Waals surface area contributed by atoms with E-state index in [1.54, 1.807) is 36.4 Å². The van der Waals surface area contributed by atoms with E-state index < -0.39 is 18.1 Å². The molecule has 0 radical (unpaired) electrons. The quantitative estimate of drug-likeness (QED) is 0.423. The van der Waals surface area contributed by atoms with Crippen molar-refractivity contribution in [1.29, 1.82) is 0 Å². The van der Waals surface area contributed by atoms with Crippen LogP contribution in [-0.4, -0.2) is 38.9 Å². The molecule has 0 fully saturated rings. The molecule has 0 spiro atoms. The first kappa shape index (κ1) is 21.4. The smallest absolute Gasteiger partial charge is 0.496 e. The van der Waals surface area contributed by atoms with Gasteiger partial charge in [0, 0.05) is 12.6 Å². The third-order valence-corrected chi connectivity index (χ3v) is 4.76. The van der Waals surface area contributed by atoms with Crippen molar-refractivity contribution in [2.24, 2.45) is 12.2 Å². The van der Waals surface area contributed by atoms with Crippen molar-refractivity contribution in [3.63, 3.8) is 0 Å². The Balaban J connectivity index is 1.61. The molecule has 2 aromatic carbocycles. The van der Waals surface area contributed by atoms with Gasteiger partial charge in [-0.1, -0.05) is 29.4 Å². The Labute approximate surface area is 180 Å². The fourth-order valence-corrected chi connectivity index (χ4v) is 3.25. The first-order chi connectivity index (χ1) is 15.3. The predicted octanol–water partition coefficient (Wildman–Crippen LogP) is 2.57. The van der Waals surface area contributed by atoms with Crippen LogP contribution >= 0.6 is 0 Å². The molecular formula is C20H19F2N5O5. The van der Waals surface area contributed by atoms with Crippen LogP contribution in [0.2, 0.25) is 0 Å². The van der Waals surface area contributed by atoms with Crippen LogP contribution in [0, 0.1) is 0 Å². The van der Waals surface area contributed by atoms with Crippen LogP contribution in [0.4, 0.5) is 8.78 Å². The molecule has 1 aliphatic heterocycles. The van der Waals surface area contributed by atoms with Gasteiger partial charge in [-0.2, -0.15) is 9.36 Å². The van der Waals surface area contributed by atoms with E-state index >= 15 is 0 Å². The van der Waals surface area contributed by atoms with E-state index in [1.807, 2.05) is 0 Å². The number of halogens is 2. The number of aromatic nitrogens is 4. The summed E-state index contributed by atoms with van der Waals surface area (Å²) >= 11 is 0. The molecule has 3 aromatic rings. The van der Waals surface area contributed by atoms with Gasteiger partial charge in [0.2, 0.25) is 0 Å². The van der Waals surface area contributed by atoms with E-state index in [-0.39, 0.29) is 18.1 Å². The van der Waals surface area contributed by atoms with Crippen molar-refractivity contribution >= 4 is 5.71 Å². The summed E-state index contributed by atoms with van der Waals surface area (Å²) in [5.74, 6) is 0.421. The Morgan fingerprint density at radius 1 is 1.22 bits per heavy atom. The number of hydrogen-bond acceptors (Lipinski definition) is 8. The highest BCUT2D eigenvalue weighted by Crippen LogP contribution is 2.40. The number of benzene rings is 2. The van der Waals surface area contributed by atoms with E-state index in [1.165, 1.54) is 27.1 Å². The summed E-state index contributed by atoms with van der Waals surface area (Å²) in [5, 5.41) is 11.5. The summed E-state index contributed by atoms with van der Waals surface area (Å²) in [6.07, 6.45) is -4.98. The lowest BCUT2D eigenvalue weighted by molar-refractivity contribution is -0.372. The molecule has 168 valence electrons. The number of rotatable bonds is 6. The van der Waals surface area contributed by atoms with Crippen molar-refractivity contribution in [2.45, 2.75) is 25.9 Å². The summed E-state index contributed by atoms with van der Waals surface area (Å²) in [4.78, 5) is 17.7. The van der Waals surface area contributed by atoms with Gasteiger partial charge in [0.1, 0.15) is 24.2 Å². The second-order valence-electron chi connectivity index (χ2n) is 6.86. The summed E-state index contributed by atoms with van der Waals surface area (Å²) in [7, 11) is 2.93. The molecule has 0 N–H and O–H groups in total. The normalized spacial score (nSPS) is 17.4. The average molecular weight is 447 g/mol. The van der Waals surface area contributed by atoms with E-state index in [0.29, 0.717) is 22.6 Å². The van der Waals surface area contributed by atoms with Crippen molar-refractivity contribution in [2.75, 3.05) is 7.11 Å². The molecular weight excluding hydrogens is 428 g/mol. The van der Waals surface area contributed by atoms with Crippen LogP contribution in [0.25, 0.3) is 5.69 Å². The highest BCUT2D eigenvalue weighted by Gasteiger charge is 2.44. The zero-order valence-corrected chi connectivity index (χ0v) is 17.4. The number of tetrazole rings is 1. The van der Waals surface area contributed by atoms with Crippen molar-refractivity contribution < 1.29 is 27.8 Å². The number of alkyl halides is 2. The lowest BCUT2D eigenvalue weighted by atomic mass is 10.0. The maximum Gasteiger partial charge on any atom is 0.536 e. The number of hydrogen-bond donors (Lipinski definition) is 0. The topological polar surface area (TPSA) is 102 Å². The van der Waals surface area contributed by atoms with Crippen LogP contribution in [0.3, 0.4) is 0 Å². The molecule has 0 saturated heterocycles. The van der Waals surface area contributed by atoms with E-state index in [4.69, 9.17) is 14.3 Å². The Morgan fingerprint density at radius 2 is 2.00 bits per heavy atom. The van der Waals surface area contributed by atoms with Crippen LogP contribution in [-0.2, 0) is 23.2 Å². The number of ether oxygens (including phenoxy) is 3. The fourth-order valence-electron chi connectivity index (χ4n) is 3.25. The average Bonchev–Trinajstić information content (AvgIpc) is 3.10. The van der Waals surface area contributed by atoms with Gasteiger partial charge < -0.3 is 14.3 Å². The molecule has 0 saturated carbocycles. The second-order valence-corrected chi connectivity index (χ2v) is 6.86. The molecule has 10 nitrogen and oxygen atoms in total. The maximum absolute atomic E-state index is 13.9. The van der Waals surface area contributed by atoms with Gasteiger partial charge in [0.25, 0.3) is 0 Å². The third-order valence-electron chi connectivity index (χ3n) is 4.76. The largest absolute Gasteiger partial charge is 0.536 e. The molecule has 0 amide bonds. The number of aryl methyl sites for hydroxylation is 1. The van der Waals surface area contributed by atoms with Gasteiger partial charge in [0.15, 0.2) is 0 Å². The molecule has 1 aromatic heterocycles. The van der Waals surface area contributed by atoms with Crippen molar-refractivity contribution in [1.82, 2.24) is 19.8 Å². The van der Waals surface area contributed by atoms with Gasteiger partial charge in [-0.25, -0.2) is 4.79 Å². The Bertz CT molecular complexity index is 1220. The van der Waals surface area contributed by atoms with E-state index in [0.717, 1.165) is 9.36 Å². The van der Waals surface area contributed by atoms with Gasteiger partial charge >= 0.3 is 12.0 Å². The monoisotopic (exact) mass is 447 g/mol. The van der Waals surface area contributed by atoms with Crippen molar-refractivity contribution in [3.05, 3.63) is 64.1 Å². The fraction of sp³-hybridized carbons (Fsp3) is 0.300. The Kier molecular flexibility index (Phi) is 5.61. The molecule has 12 heteroatoms. The maximum atomic E-state index is 13.9. The number of methoxy groups -OCH3 is 1. The van der Waals surface area contributed by atoms with Gasteiger partial charge in [0.05, 0.1) is 24.1 Å². The molecule has 1 atom stereocenters. The molecule has 32 heavy (non-hydrogen) atoms. The lowest BCUT2D eigenvalue weighted by Gasteiger charge is -2.30. The second kappa shape index (κ2) is 8.38. The zero-order valence-electron chi connectivity index (χ0n) is 17.4. The first-order valence-electron chi connectivity index (χ1n) is 9.46. The standard InChI is InChI=1S/C20H19F2N5O5/c1-12(18-13-7-4-5-9-17(13)31-20(21,22)32-18)23-30-11-14-15(8-6-10-16(14)29-3)27-19(28)26(2)24-25-27/h4-10,18H,11H2,1-3H3. The van der Waals surface area contributed by atoms with Crippen LogP contribution in [0.1, 0.15) is 24.2 Å². The number of fused-ring (bicyclic) bond motifs is 1. The molecule has 1 aliphatic rings. The predicted molar refractivity (Wildman–Crippen MR) is 107 cm³/mol. The van der Waals surface area contributed by atoms with Crippen LogP contribution in [0.15, 0.2) is 52.4 Å². The highest BCUT2D eigenvalue weighted by molar-refractivity contribution is 5.88. The number of nitrogens with zero attached hydrogens (tertiary/aromatic N) is 5. The first-order valence-corrected chi connectivity index (χ1v) is 9.46. The van der Waals surface area contributed by atoms with Crippen molar-refractivity contribution in [3.8, 4) is 17.2 Å². The minimum absolute atomic E-state index is 0.00246. The Morgan fingerprint density at radius 3 is 2.72 bits per heavy atom. The molecule has 2 heterocycles. The lowest BCUT2D eigenvalue weighted by Crippen LogP contribution is -2.37. The third kappa shape index (κ3) is 4.04. The molecule has 0 bridgehead atoms. The number of para-hydroxylation sites is 1. The zero-order chi connectivity index (χ0) is 22.9. The van der Waals surface area contributed by atoms with E-state index in [2.05, 4.69) is 20.3 Å². The SMILES string of the molecule is COc1cccc(-n2nnn(C)c2=O)c1CON=C(C)C1OC(F)(F)Oc2ccccc21. The van der Waals surface area contributed by atoms with Gasteiger partial charge in [-0.05, 0) is 35.5 Å². The summed E-state index contributed by atoms with van der Waals surface area (Å²) in [5.41, 5.74) is 0.928. The highest BCUT2D eigenvalue weighted by atomic mass is 19.3. The summed E-state index contributed by atoms with van der Waals surface area (Å²) in [6, 6.07) is 11.3. The van der Waals surface area contributed by atoms with Crippen LogP contribution in [0.5, 0.6) is 11.5 Å². The van der Waals surface area contributed by atoms with Gasteiger partial charge in [-0.3, -0.25) is 4.74 Å². The van der Waals surface area contributed by atoms with Crippen LogP contribution < -0.4 is 15.2 Å². The summed E-state index contributed by atoms with van der Waals surface area (Å²) < 4.78 is 44.6. The molecule has 4 rings (SSSR count). The number of oxime groups is 1.